The molecule has 120 valence electrons. The summed E-state index contributed by atoms with van der Waals surface area (Å²) in [6.45, 7) is 0. The monoisotopic (exact) mass is 320 g/mol. The van der Waals surface area contributed by atoms with Gasteiger partial charge in [0.1, 0.15) is 5.58 Å². The van der Waals surface area contributed by atoms with Gasteiger partial charge < -0.3 is 15.1 Å². The second-order valence-electron chi connectivity index (χ2n) is 5.94. The number of fused-ring (bicyclic) bond motifs is 1. The fraction of sp³-hybridized carbons (Fsp3) is 0.158. The van der Waals surface area contributed by atoms with Crippen LogP contribution >= 0.6 is 0 Å². The summed E-state index contributed by atoms with van der Waals surface area (Å²) in [5.74, 6) is 0.190. The number of benzene rings is 2. The van der Waals surface area contributed by atoms with Crippen LogP contribution in [-0.4, -0.2) is 11.8 Å². The lowest BCUT2D eigenvalue weighted by Crippen LogP contribution is -2.13. The number of amides is 2. The van der Waals surface area contributed by atoms with E-state index in [9.17, 15) is 9.59 Å². The van der Waals surface area contributed by atoms with Gasteiger partial charge in [0.15, 0.2) is 5.76 Å². The number of rotatable bonds is 4. The van der Waals surface area contributed by atoms with Crippen molar-refractivity contribution in [2.75, 3.05) is 10.6 Å². The van der Waals surface area contributed by atoms with E-state index in [1.807, 2.05) is 24.3 Å². The molecule has 0 unspecified atom stereocenters. The summed E-state index contributed by atoms with van der Waals surface area (Å²) < 4.78 is 5.54. The molecule has 1 aromatic heterocycles. The summed E-state index contributed by atoms with van der Waals surface area (Å²) >= 11 is 0. The molecule has 3 aromatic rings. The summed E-state index contributed by atoms with van der Waals surface area (Å²) in [5, 5.41) is 6.54. The largest absolute Gasteiger partial charge is 0.451 e. The molecule has 2 amide bonds. The second kappa shape index (κ2) is 5.85. The molecule has 4 rings (SSSR count). The topological polar surface area (TPSA) is 71.3 Å². The van der Waals surface area contributed by atoms with E-state index in [1.165, 1.54) is 0 Å². The van der Waals surface area contributed by atoms with Crippen molar-refractivity contribution in [3.05, 3.63) is 60.4 Å². The highest BCUT2D eigenvalue weighted by Gasteiger charge is 2.29. The Morgan fingerprint density at radius 3 is 2.25 bits per heavy atom. The lowest BCUT2D eigenvalue weighted by Gasteiger charge is -2.06. The first-order chi connectivity index (χ1) is 11.7. The van der Waals surface area contributed by atoms with Gasteiger partial charge in [0.05, 0.1) is 0 Å². The smallest absolute Gasteiger partial charge is 0.291 e. The van der Waals surface area contributed by atoms with E-state index in [4.69, 9.17) is 4.42 Å². The van der Waals surface area contributed by atoms with Crippen molar-refractivity contribution in [1.82, 2.24) is 0 Å². The molecule has 5 nitrogen and oxygen atoms in total. The van der Waals surface area contributed by atoms with Crippen molar-refractivity contribution in [2.24, 2.45) is 5.92 Å². The van der Waals surface area contributed by atoms with Gasteiger partial charge in [0.2, 0.25) is 5.91 Å². The van der Waals surface area contributed by atoms with Gasteiger partial charge in [-0.05, 0) is 49.2 Å². The Bertz CT molecular complexity index is 875. The Labute approximate surface area is 138 Å². The van der Waals surface area contributed by atoms with E-state index in [0.29, 0.717) is 11.3 Å². The molecule has 5 heteroatoms. The summed E-state index contributed by atoms with van der Waals surface area (Å²) in [7, 11) is 0. The fourth-order valence-electron chi connectivity index (χ4n) is 2.51. The minimum atomic E-state index is -0.305. The van der Waals surface area contributed by atoms with E-state index in [0.717, 1.165) is 23.9 Å². The van der Waals surface area contributed by atoms with Crippen LogP contribution in [0.4, 0.5) is 11.4 Å². The quantitative estimate of drug-likeness (QED) is 0.762. The summed E-state index contributed by atoms with van der Waals surface area (Å²) in [4.78, 5) is 24.0. The van der Waals surface area contributed by atoms with Crippen LogP contribution in [-0.2, 0) is 4.79 Å². The standard InChI is InChI=1S/C19H16N2O3/c22-18(12-5-6-12)20-14-7-9-15(10-8-14)21-19(23)17-11-13-3-1-2-4-16(13)24-17/h1-4,7-12H,5-6H2,(H,20,22)(H,21,23). The molecule has 1 fully saturated rings. The van der Waals surface area contributed by atoms with Gasteiger partial charge in [-0.1, -0.05) is 18.2 Å². The molecule has 1 aliphatic carbocycles. The molecule has 0 spiro atoms. The van der Waals surface area contributed by atoms with Crippen molar-refractivity contribution in [1.29, 1.82) is 0 Å². The highest BCUT2D eigenvalue weighted by atomic mass is 16.3. The van der Waals surface area contributed by atoms with Gasteiger partial charge in [-0.3, -0.25) is 9.59 Å². The maximum atomic E-state index is 12.3. The Balaban J connectivity index is 1.44. The van der Waals surface area contributed by atoms with Crippen molar-refractivity contribution in [3.8, 4) is 0 Å². The van der Waals surface area contributed by atoms with Gasteiger partial charge in [0, 0.05) is 22.7 Å². The zero-order valence-electron chi connectivity index (χ0n) is 12.9. The Morgan fingerprint density at radius 1 is 0.917 bits per heavy atom. The van der Waals surface area contributed by atoms with Crippen molar-refractivity contribution < 1.29 is 14.0 Å². The molecule has 1 saturated carbocycles. The molecule has 0 saturated heterocycles. The second-order valence-corrected chi connectivity index (χ2v) is 5.94. The Kier molecular flexibility index (Phi) is 3.54. The SMILES string of the molecule is O=C(Nc1ccc(NC(=O)C2CC2)cc1)c1cc2ccccc2o1. The van der Waals surface area contributed by atoms with Crippen LogP contribution in [0.3, 0.4) is 0 Å². The first-order valence-electron chi connectivity index (χ1n) is 7.90. The molecule has 24 heavy (non-hydrogen) atoms. The lowest BCUT2D eigenvalue weighted by atomic mass is 10.2. The third kappa shape index (κ3) is 3.01. The third-order valence-corrected chi connectivity index (χ3v) is 4.01. The Hall–Kier alpha value is -3.08. The highest BCUT2D eigenvalue weighted by Crippen LogP contribution is 2.30. The number of hydrogen-bond donors (Lipinski definition) is 2. The van der Waals surface area contributed by atoms with E-state index < -0.39 is 0 Å². The predicted octanol–water partition coefficient (Wildman–Crippen LogP) is 4.03. The molecule has 0 bridgehead atoms. The summed E-state index contributed by atoms with van der Waals surface area (Å²) in [6, 6.07) is 16.2. The molecular formula is C19H16N2O3. The molecular weight excluding hydrogens is 304 g/mol. The first-order valence-corrected chi connectivity index (χ1v) is 7.90. The fourth-order valence-corrected chi connectivity index (χ4v) is 2.51. The number of anilines is 2. The van der Waals surface area contributed by atoms with E-state index in [1.54, 1.807) is 30.3 Å². The minimum absolute atomic E-state index is 0.0639. The average molecular weight is 320 g/mol. The molecule has 1 aliphatic rings. The maximum Gasteiger partial charge on any atom is 0.291 e. The van der Waals surface area contributed by atoms with E-state index >= 15 is 0 Å². The van der Waals surface area contributed by atoms with Crippen LogP contribution in [0.2, 0.25) is 0 Å². The zero-order chi connectivity index (χ0) is 16.5. The van der Waals surface area contributed by atoms with Gasteiger partial charge in [0.25, 0.3) is 5.91 Å². The van der Waals surface area contributed by atoms with Crippen LogP contribution in [0.1, 0.15) is 23.4 Å². The minimum Gasteiger partial charge on any atom is -0.451 e. The van der Waals surface area contributed by atoms with Gasteiger partial charge >= 0.3 is 0 Å². The number of carbonyl (C=O) groups is 2. The van der Waals surface area contributed by atoms with E-state index in [-0.39, 0.29) is 23.5 Å². The number of furan rings is 1. The number of hydrogen-bond acceptors (Lipinski definition) is 3. The molecule has 0 aliphatic heterocycles. The number of nitrogens with one attached hydrogen (secondary N) is 2. The Morgan fingerprint density at radius 2 is 1.58 bits per heavy atom. The molecule has 2 N–H and O–H groups in total. The van der Waals surface area contributed by atoms with E-state index in [2.05, 4.69) is 10.6 Å². The molecule has 0 radical (unpaired) electrons. The maximum absolute atomic E-state index is 12.3. The summed E-state index contributed by atoms with van der Waals surface area (Å²) in [5.41, 5.74) is 2.05. The van der Waals surface area contributed by atoms with Gasteiger partial charge in [-0.2, -0.15) is 0 Å². The third-order valence-electron chi connectivity index (χ3n) is 4.01. The molecule has 1 heterocycles. The lowest BCUT2D eigenvalue weighted by molar-refractivity contribution is -0.117. The van der Waals surface area contributed by atoms with Gasteiger partial charge in [-0.25, -0.2) is 0 Å². The highest BCUT2D eigenvalue weighted by molar-refractivity contribution is 6.04. The molecule has 0 atom stereocenters. The average Bonchev–Trinajstić information content (AvgIpc) is 3.35. The van der Waals surface area contributed by atoms with Crippen molar-refractivity contribution in [2.45, 2.75) is 12.8 Å². The van der Waals surface area contributed by atoms with Crippen LogP contribution in [0.25, 0.3) is 11.0 Å². The predicted molar refractivity (Wildman–Crippen MR) is 92.0 cm³/mol. The number of para-hydroxylation sites is 1. The van der Waals surface area contributed by atoms with Crippen LogP contribution in [0, 0.1) is 5.92 Å². The van der Waals surface area contributed by atoms with Gasteiger partial charge in [-0.15, -0.1) is 0 Å². The zero-order valence-corrected chi connectivity index (χ0v) is 12.9. The first kappa shape index (κ1) is 14.5. The van der Waals surface area contributed by atoms with Crippen molar-refractivity contribution in [3.63, 3.8) is 0 Å². The van der Waals surface area contributed by atoms with Crippen molar-refractivity contribution >= 4 is 34.2 Å². The van der Waals surface area contributed by atoms with Crippen LogP contribution in [0.5, 0.6) is 0 Å². The van der Waals surface area contributed by atoms with Crippen LogP contribution in [0.15, 0.2) is 59.0 Å². The number of carbonyl (C=O) groups excluding carboxylic acids is 2. The molecule has 2 aromatic carbocycles. The summed E-state index contributed by atoms with van der Waals surface area (Å²) in [6.07, 6.45) is 1.94. The van der Waals surface area contributed by atoms with Crippen LogP contribution < -0.4 is 10.6 Å². The normalized spacial score (nSPS) is 13.7.